The molecule has 1 atom stereocenters. The van der Waals surface area contributed by atoms with Gasteiger partial charge in [0.25, 0.3) is 0 Å². The largest absolute Gasteiger partial charge is 0.347 e. The third kappa shape index (κ3) is 3.86. The molecule has 1 N–H and O–H groups in total. The van der Waals surface area contributed by atoms with Gasteiger partial charge in [0.15, 0.2) is 0 Å². The number of hydrogen-bond acceptors (Lipinski definition) is 4. The molecule has 0 saturated heterocycles. The van der Waals surface area contributed by atoms with Crippen LogP contribution < -0.4 is 5.32 Å². The van der Waals surface area contributed by atoms with Crippen LogP contribution in [0.15, 0.2) is 54.2 Å². The van der Waals surface area contributed by atoms with Crippen molar-refractivity contribution >= 4 is 17.2 Å². The lowest BCUT2D eigenvalue weighted by molar-refractivity contribution is -0.121. The minimum Gasteiger partial charge on any atom is -0.347 e. The minimum atomic E-state index is -0.114. The molecule has 5 heteroatoms. The van der Waals surface area contributed by atoms with Crippen LogP contribution in [-0.2, 0) is 11.2 Å². The molecule has 0 aliphatic rings. The zero-order chi connectivity index (χ0) is 16.9. The van der Waals surface area contributed by atoms with Gasteiger partial charge in [0.2, 0.25) is 5.91 Å². The normalized spacial score (nSPS) is 11.9. The Bertz CT molecular complexity index is 829. The molecular weight excluding hydrogens is 318 g/mol. The first-order valence-electron chi connectivity index (χ1n) is 7.83. The summed E-state index contributed by atoms with van der Waals surface area (Å²) >= 11 is 1.55. The topological polar surface area (TPSA) is 54.9 Å². The summed E-state index contributed by atoms with van der Waals surface area (Å²) in [6, 6.07) is 11.7. The van der Waals surface area contributed by atoms with Gasteiger partial charge in [-0.3, -0.25) is 9.78 Å². The smallest absolute Gasteiger partial charge is 0.224 e. The summed E-state index contributed by atoms with van der Waals surface area (Å²) in [6.07, 6.45) is 3.92. The first-order valence-corrected chi connectivity index (χ1v) is 8.71. The molecule has 3 rings (SSSR count). The maximum atomic E-state index is 12.3. The van der Waals surface area contributed by atoms with Crippen LogP contribution in [0.25, 0.3) is 11.3 Å². The van der Waals surface area contributed by atoms with Crippen molar-refractivity contribution in [3.8, 4) is 11.3 Å². The van der Waals surface area contributed by atoms with Crippen LogP contribution in [-0.4, -0.2) is 15.9 Å². The highest BCUT2D eigenvalue weighted by atomic mass is 32.1. The number of amides is 1. The van der Waals surface area contributed by atoms with E-state index in [1.165, 1.54) is 0 Å². The lowest BCUT2D eigenvalue weighted by atomic mass is 10.1. The number of benzene rings is 1. The predicted molar refractivity (Wildman–Crippen MR) is 96.8 cm³/mol. The molecule has 0 fully saturated rings. The van der Waals surface area contributed by atoms with Crippen molar-refractivity contribution in [3.05, 3.63) is 70.3 Å². The molecule has 2 heterocycles. The van der Waals surface area contributed by atoms with Crippen LogP contribution in [0.3, 0.4) is 0 Å². The summed E-state index contributed by atoms with van der Waals surface area (Å²) in [5, 5.41) is 5.92. The standard InChI is InChI=1S/C19H19N3OS/c1-13-6-3-4-7-15(13)10-18(23)21-14(2)19-22-17(12-24-19)16-8-5-9-20-11-16/h3-9,11-12,14H,10H2,1-2H3,(H,21,23)/t14-/m1/s1. The van der Waals surface area contributed by atoms with Crippen molar-refractivity contribution < 1.29 is 4.79 Å². The number of pyridine rings is 1. The molecule has 4 nitrogen and oxygen atoms in total. The Balaban J connectivity index is 1.65. The van der Waals surface area contributed by atoms with Crippen molar-refractivity contribution in [2.45, 2.75) is 26.3 Å². The third-order valence-corrected chi connectivity index (χ3v) is 4.87. The molecule has 0 bridgehead atoms. The van der Waals surface area contributed by atoms with Crippen molar-refractivity contribution in [2.24, 2.45) is 0 Å². The average Bonchev–Trinajstić information content (AvgIpc) is 3.08. The SMILES string of the molecule is Cc1ccccc1CC(=O)N[C@H](C)c1nc(-c2cccnc2)cs1. The van der Waals surface area contributed by atoms with Crippen molar-refractivity contribution in [1.29, 1.82) is 0 Å². The summed E-state index contributed by atoms with van der Waals surface area (Å²) in [4.78, 5) is 21.0. The number of nitrogens with zero attached hydrogens (tertiary/aromatic N) is 2. The molecule has 0 unspecified atom stereocenters. The molecule has 0 aliphatic heterocycles. The molecule has 3 aromatic rings. The molecule has 122 valence electrons. The lowest BCUT2D eigenvalue weighted by Gasteiger charge is -2.12. The van der Waals surface area contributed by atoms with Crippen LogP contribution in [0.5, 0.6) is 0 Å². The Morgan fingerprint density at radius 2 is 2.08 bits per heavy atom. The van der Waals surface area contributed by atoms with E-state index in [0.29, 0.717) is 6.42 Å². The Kier molecular flexibility index (Phi) is 5.01. The molecule has 0 saturated carbocycles. The lowest BCUT2D eigenvalue weighted by Crippen LogP contribution is -2.28. The molecule has 0 spiro atoms. The van der Waals surface area contributed by atoms with Crippen LogP contribution in [0.4, 0.5) is 0 Å². The van der Waals surface area contributed by atoms with Gasteiger partial charge in [-0.05, 0) is 37.1 Å². The summed E-state index contributed by atoms with van der Waals surface area (Å²) in [7, 11) is 0. The van der Waals surface area contributed by atoms with Gasteiger partial charge in [0.1, 0.15) is 5.01 Å². The van der Waals surface area contributed by atoms with Gasteiger partial charge in [-0.2, -0.15) is 0 Å². The van der Waals surface area contributed by atoms with Crippen LogP contribution in [0.2, 0.25) is 0 Å². The Labute approximate surface area is 145 Å². The van der Waals surface area contributed by atoms with Crippen molar-refractivity contribution in [1.82, 2.24) is 15.3 Å². The number of carbonyl (C=O) groups excluding carboxylic acids is 1. The van der Waals surface area contributed by atoms with E-state index in [-0.39, 0.29) is 11.9 Å². The van der Waals surface area contributed by atoms with Crippen LogP contribution in [0.1, 0.15) is 29.1 Å². The fourth-order valence-electron chi connectivity index (χ4n) is 2.47. The molecule has 1 aromatic carbocycles. The summed E-state index contributed by atoms with van der Waals surface area (Å²) in [5.41, 5.74) is 4.06. The van der Waals surface area contributed by atoms with Gasteiger partial charge in [-0.15, -0.1) is 11.3 Å². The second kappa shape index (κ2) is 7.36. The quantitative estimate of drug-likeness (QED) is 0.767. The van der Waals surface area contributed by atoms with Crippen molar-refractivity contribution in [2.75, 3.05) is 0 Å². The highest BCUT2D eigenvalue weighted by molar-refractivity contribution is 7.10. The first-order chi connectivity index (χ1) is 11.6. The molecule has 0 radical (unpaired) electrons. The van der Waals surface area contributed by atoms with E-state index in [4.69, 9.17) is 0 Å². The monoisotopic (exact) mass is 337 g/mol. The highest BCUT2D eigenvalue weighted by Gasteiger charge is 2.15. The Hall–Kier alpha value is -2.53. The predicted octanol–water partition coefficient (Wildman–Crippen LogP) is 3.93. The van der Waals surface area contributed by atoms with Gasteiger partial charge in [-0.25, -0.2) is 4.98 Å². The van der Waals surface area contributed by atoms with E-state index in [1.54, 1.807) is 23.7 Å². The number of thiazole rings is 1. The van der Waals surface area contributed by atoms with E-state index in [0.717, 1.165) is 27.4 Å². The van der Waals surface area contributed by atoms with Gasteiger partial charge in [0, 0.05) is 23.3 Å². The van der Waals surface area contributed by atoms with Crippen LogP contribution >= 0.6 is 11.3 Å². The Morgan fingerprint density at radius 3 is 2.83 bits per heavy atom. The van der Waals surface area contributed by atoms with E-state index in [1.807, 2.05) is 55.6 Å². The average molecular weight is 337 g/mol. The fourth-order valence-corrected chi connectivity index (χ4v) is 3.30. The third-order valence-electron chi connectivity index (χ3n) is 3.84. The maximum absolute atomic E-state index is 12.3. The van der Waals surface area contributed by atoms with Gasteiger partial charge in [-0.1, -0.05) is 24.3 Å². The summed E-state index contributed by atoms with van der Waals surface area (Å²) in [5.74, 6) is 0.00919. The molecular formula is C19H19N3OS. The summed E-state index contributed by atoms with van der Waals surface area (Å²) in [6.45, 7) is 3.98. The molecule has 0 aliphatic carbocycles. The number of aromatic nitrogens is 2. The van der Waals surface area contributed by atoms with Crippen LogP contribution in [0, 0.1) is 6.92 Å². The second-order valence-corrected chi connectivity index (χ2v) is 6.59. The molecule has 24 heavy (non-hydrogen) atoms. The number of carbonyl (C=O) groups is 1. The van der Waals surface area contributed by atoms with Crippen molar-refractivity contribution in [3.63, 3.8) is 0 Å². The van der Waals surface area contributed by atoms with Gasteiger partial charge >= 0.3 is 0 Å². The fraction of sp³-hybridized carbons (Fsp3) is 0.211. The number of nitrogens with one attached hydrogen (secondary N) is 1. The summed E-state index contributed by atoms with van der Waals surface area (Å²) < 4.78 is 0. The van der Waals surface area contributed by atoms with E-state index >= 15 is 0 Å². The highest BCUT2D eigenvalue weighted by Crippen LogP contribution is 2.24. The second-order valence-electron chi connectivity index (χ2n) is 5.71. The number of aryl methyl sites for hydroxylation is 1. The Morgan fingerprint density at radius 1 is 1.25 bits per heavy atom. The number of rotatable bonds is 5. The van der Waals surface area contributed by atoms with Gasteiger partial charge < -0.3 is 5.32 Å². The van der Waals surface area contributed by atoms with E-state index in [2.05, 4.69) is 15.3 Å². The molecule has 2 aromatic heterocycles. The zero-order valence-corrected chi connectivity index (χ0v) is 14.5. The maximum Gasteiger partial charge on any atom is 0.224 e. The first kappa shape index (κ1) is 16.3. The number of hydrogen-bond donors (Lipinski definition) is 1. The van der Waals surface area contributed by atoms with E-state index < -0.39 is 0 Å². The van der Waals surface area contributed by atoms with E-state index in [9.17, 15) is 4.79 Å². The van der Waals surface area contributed by atoms with Gasteiger partial charge in [0.05, 0.1) is 18.2 Å². The molecule has 1 amide bonds. The zero-order valence-electron chi connectivity index (χ0n) is 13.7. The minimum absolute atomic E-state index is 0.00919.